The number of nitrogens with zero attached hydrogens (tertiary/aromatic N) is 1. The van der Waals surface area contributed by atoms with Gasteiger partial charge in [-0.15, -0.1) is 0 Å². The van der Waals surface area contributed by atoms with E-state index in [0.717, 1.165) is 25.0 Å². The number of pyridine rings is 1. The molecule has 0 amide bonds. The number of ether oxygens (including phenoxy) is 1. The van der Waals surface area contributed by atoms with Crippen LogP contribution in [0.4, 0.5) is 0 Å². The van der Waals surface area contributed by atoms with Gasteiger partial charge in [-0.2, -0.15) is 0 Å². The molecule has 2 atom stereocenters. The summed E-state index contributed by atoms with van der Waals surface area (Å²) in [6.45, 7) is 6.13. The Balaban J connectivity index is 2.30. The van der Waals surface area contributed by atoms with Gasteiger partial charge in [-0.25, -0.2) is 0 Å². The highest BCUT2D eigenvalue weighted by molar-refractivity contribution is 5.90. The lowest BCUT2D eigenvalue weighted by molar-refractivity contribution is -0.137. The number of fused-ring (bicyclic) bond motifs is 1. The molecule has 2 rings (SSSR count). The van der Waals surface area contributed by atoms with E-state index in [-0.39, 0.29) is 23.2 Å². The summed E-state index contributed by atoms with van der Waals surface area (Å²) in [5.74, 6) is 0.0729. The molecule has 1 aliphatic carbocycles. The Morgan fingerprint density at radius 2 is 2.21 bits per heavy atom. The summed E-state index contributed by atoms with van der Waals surface area (Å²) >= 11 is 0. The molecule has 0 fully saturated rings. The van der Waals surface area contributed by atoms with Crippen molar-refractivity contribution in [3.05, 3.63) is 29.6 Å². The molecule has 0 aliphatic heterocycles. The molecule has 0 aromatic carbocycles. The van der Waals surface area contributed by atoms with Gasteiger partial charge in [-0.1, -0.05) is 26.8 Å². The van der Waals surface area contributed by atoms with E-state index in [2.05, 4.69) is 11.1 Å². The third kappa shape index (κ3) is 2.86. The lowest BCUT2D eigenvalue weighted by Gasteiger charge is -2.32. The Kier molecular flexibility index (Phi) is 4.04. The van der Waals surface area contributed by atoms with Crippen LogP contribution >= 0.6 is 0 Å². The Bertz CT molecular complexity index is 462. The number of aryl methyl sites for hydroxylation is 1. The minimum Gasteiger partial charge on any atom is -0.373 e. The molecule has 0 saturated carbocycles. The smallest absolute Gasteiger partial charge is 0.171 e. The number of hydrogen-bond donors (Lipinski definition) is 0. The fourth-order valence-corrected chi connectivity index (χ4v) is 2.97. The van der Waals surface area contributed by atoms with Crippen molar-refractivity contribution >= 4 is 5.78 Å². The van der Waals surface area contributed by atoms with Crippen LogP contribution in [0.25, 0.3) is 0 Å². The number of hydrogen-bond acceptors (Lipinski definition) is 3. The largest absolute Gasteiger partial charge is 0.373 e. The molecule has 1 heterocycles. The quantitative estimate of drug-likeness (QED) is 0.839. The third-order valence-corrected chi connectivity index (χ3v) is 3.82. The molecule has 19 heavy (non-hydrogen) atoms. The van der Waals surface area contributed by atoms with Crippen LogP contribution in [0.15, 0.2) is 18.3 Å². The highest BCUT2D eigenvalue weighted by atomic mass is 16.5. The zero-order chi connectivity index (χ0) is 14.0. The molecule has 0 N–H and O–H groups in total. The number of Topliss-reactive ketones (excluding diaryl/α,β-unsaturated/α-hetero) is 1. The summed E-state index contributed by atoms with van der Waals surface area (Å²) in [5.41, 5.74) is 2.00. The first-order valence-electron chi connectivity index (χ1n) is 6.95. The van der Waals surface area contributed by atoms with Gasteiger partial charge in [0, 0.05) is 13.3 Å². The molecular weight excluding hydrogens is 238 g/mol. The van der Waals surface area contributed by atoms with Crippen molar-refractivity contribution < 1.29 is 9.53 Å². The predicted molar refractivity (Wildman–Crippen MR) is 75.2 cm³/mol. The minimum absolute atomic E-state index is 0.103. The second kappa shape index (κ2) is 5.41. The summed E-state index contributed by atoms with van der Waals surface area (Å²) in [4.78, 5) is 17.2. The van der Waals surface area contributed by atoms with Crippen LogP contribution in [0.3, 0.4) is 0 Å². The van der Waals surface area contributed by atoms with E-state index in [4.69, 9.17) is 4.74 Å². The van der Waals surface area contributed by atoms with Crippen LogP contribution in [0.2, 0.25) is 0 Å². The lowest BCUT2D eigenvalue weighted by Crippen LogP contribution is -2.40. The monoisotopic (exact) mass is 261 g/mol. The molecule has 3 nitrogen and oxygen atoms in total. The number of methoxy groups -OCH3 is 1. The first kappa shape index (κ1) is 14.2. The van der Waals surface area contributed by atoms with Crippen LogP contribution in [0.5, 0.6) is 0 Å². The molecule has 0 saturated heterocycles. The van der Waals surface area contributed by atoms with E-state index in [1.54, 1.807) is 13.3 Å². The van der Waals surface area contributed by atoms with Crippen LogP contribution in [-0.2, 0) is 16.0 Å². The highest BCUT2D eigenvalue weighted by Gasteiger charge is 2.38. The molecule has 1 aromatic rings. The van der Waals surface area contributed by atoms with Gasteiger partial charge in [0.15, 0.2) is 5.78 Å². The van der Waals surface area contributed by atoms with Crippen molar-refractivity contribution in [2.45, 2.75) is 52.1 Å². The SMILES string of the molecule is COC(C(=O)C1CCCc2cccnc21)C(C)(C)C. The van der Waals surface area contributed by atoms with E-state index in [9.17, 15) is 4.79 Å². The average Bonchev–Trinajstić information content (AvgIpc) is 2.37. The summed E-state index contributed by atoms with van der Waals surface area (Å²) in [5, 5.41) is 0. The fraction of sp³-hybridized carbons (Fsp3) is 0.625. The summed E-state index contributed by atoms with van der Waals surface area (Å²) < 4.78 is 5.47. The zero-order valence-electron chi connectivity index (χ0n) is 12.3. The van der Waals surface area contributed by atoms with Gasteiger partial charge in [-0.05, 0) is 36.3 Å². The van der Waals surface area contributed by atoms with Crippen molar-refractivity contribution in [3.8, 4) is 0 Å². The van der Waals surface area contributed by atoms with E-state index >= 15 is 0 Å². The van der Waals surface area contributed by atoms with Gasteiger partial charge in [0.25, 0.3) is 0 Å². The van der Waals surface area contributed by atoms with Gasteiger partial charge < -0.3 is 4.74 Å². The maximum Gasteiger partial charge on any atom is 0.171 e. The second-order valence-electron chi connectivity index (χ2n) is 6.38. The first-order chi connectivity index (χ1) is 8.95. The minimum atomic E-state index is -0.370. The summed E-state index contributed by atoms with van der Waals surface area (Å²) in [7, 11) is 1.62. The Labute approximate surface area is 115 Å². The van der Waals surface area contributed by atoms with Crippen molar-refractivity contribution in [1.29, 1.82) is 0 Å². The highest BCUT2D eigenvalue weighted by Crippen LogP contribution is 2.35. The molecule has 0 bridgehead atoms. The molecule has 1 aromatic heterocycles. The zero-order valence-corrected chi connectivity index (χ0v) is 12.3. The number of aromatic nitrogens is 1. The maximum absolute atomic E-state index is 12.8. The molecular formula is C16H23NO2. The fourth-order valence-electron chi connectivity index (χ4n) is 2.97. The van der Waals surface area contributed by atoms with Gasteiger partial charge >= 0.3 is 0 Å². The maximum atomic E-state index is 12.8. The van der Waals surface area contributed by atoms with E-state index in [1.165, 1.54) is 5.56 Å². The number of ketones is 1. The molecule has 1 aliphatic rings. The standard InChI is InChI=1S/C16H23NO2/c1-16(2,3)15(19-4)14(18)12-9-5-7-11-8-6-10-17-13(11)12/h6,8,10,12,15H,5,7,9H2,1-4H3. The Morgan fingerprint density at radius 1 is 1.47 bits per heavy atom. The van der Waals surface area contributed by atoms with Crippen molar-refractivity contribution in [2.75, 3.05) is 7.11 Å². The van der Waals surface area contributed by atoms with E-state index < -0.39 is 0 Å². The van der Waals surface area contributed by atoms with E-state index in [0.29, 0.717) is 0 Å². The normalized spacial score (nSPS) is 20.7. The number of carbonyl (C=O) groups is 1. The van der Waals surface area contributed by atoms with Gasteiger partial charge in [-0.3, -0.25) is 9.78 Å². The number of rotatable bonds is 3. The molecule has 3 heteroatoms. The Hall–Kier alpha value is -1.22. The first-order valence-corrected chi connectivity index (χ1v) is 6.95. The van der Waals surface area contributed by atoms with E-state index in [1.807, 2.05) is 26.8 Å². The summed E-state index contributed by atoms with van der Waals surface area (Å²) in [6, 6.07) is 4.03. The molecule has 2 unspecified atom stereocenters. The molecule has 0 spiro atoms. The van der Waals surface area contributed by atoms with Gasteiger partial charge in [0.05, 0.1) is 11.6 Å². The van der Waals surface area contributed by atoms with Crippen molar-refractivity contribution in [2.24, 2.45) is 5.41 Å². The average molecular weight is 261 g/mol. The van der Waals surface area contributed by atoms with Crippen LogP contribution in [0.1, 0.15) is 50.8 Å². The number of carbonyl (C=O) groups excluding carboxylic acids is 1. The van der Waals surface area contributed by atoms with Crippen molar-refractivity contribution in [3.63, 3.8) is 0 Å². The molecule has 104 valence electrons. The lowest BCUT2D eigenvalue weighted by atomic mass is 9.76. The predicted octanol–water partition coefficient (Wildman–Crippen LogP) is 3.13. The van der Waals surface area contributed by atoms with Crippen LogP contribution < -0.4 is 0 Å². The summed E-state index contributed by atoms with van der Waals surface area (Å²) in [6.07, 6.45) is 4.38. The third-order valence-electron chi connectivity index (χ3n) is 3.82. The second-order valence-corrected chi connectivity index (χ2v) is 6.38. The topological polar surface area (TPSA) is 39.2 Å². The van der Waals surface area contributed by atoms with Gasteiger partial charge in [0.1, 0.15) is 6.10 Å². The van der Waals surface area contributed by atoms with Crippen molar-refractivity contribution in [1.82, 2.24) is 4.98 Å². The Morgan fingerprint density at radius 3 is 2.84 bits per heavy atom. The van der Waals surface area contributed by atoms with Gasteiger partial charge in [0.2, 0.25) is 0 Å². The van der Waals surface area contributed by atoms with Crippen LogP contribution in [0, 0.1) is 5.41 Å². The molecule has 0 radical (unpaired) electrons. The van der Waals surface area contributed by atoms with Crippen LogP contribution in [-0.4, -0.2) is 24.0 Å².